The van der Waals surface area contributed by atoms with Crippen molar-refractivity contribution >= 4 is 17.7 Å². The zero-order valence-corrected chi connectivity index (χ0v) is 16.3. The van der Waals surface area contributed by atoms with E-state index in [0.717, 1.165) is 6.07 Å². The van der Waals surface area contributed by atoms with Gasteiger partial charge in [0.25, 0.3) is 0 Å². The van der Waals surface area contributed by atoms with Gasteiger partial charge in [0, 0.05) is 32.7 Å². The molecule has 2 aromatic rings. The van der Waals surface area contributed by atoms with Crippen molar-refractivity contribution in [3.8, 4) is 0 Å². The summed E-state index contributed by atoms with van der Waals surface area (Å²) < 4.78 is 43.4. The van der Waals surface area contributed by atoms with Gasteiger partial charge in [-0.3, -0.25) is 14.6 Å². The Morgan fingerprint density at radius 1 is 0.935 bits per heavy atom. The highest BCUT2D eigenvalue weighted by molar-refractivity contribution is 6.27. The van der Waals surface area contributed by atoms with E-state index in [4.69, 9.17) is 24.2 Å². The number of carboxylic acid groups (broad SMARTS) is 2. The number of nitrogens with zero attached hydrogens (tertiary/aromatic N) is 2. The molecule has 0 spiro atoms. The van der Waals surface area contributed by atoms with Crippen LogP contribution in [0.15, 0.2) is 47.1 Å². The van der Waals surface area contributed by atoms with Gasteiger partial charge in [0.2, 0.25) is 5.78 Å². The molecule has 0 amide bonds. The molecule has 0 radical (unpaired) electrons. The summed E-state index contributed by atoms with van der Waals surface area (Å²) in [6.07, 6.45) is -2.85. The number of carbonyl (C=O) groups is 3. The van der Waals surface area contributed by atoms with E-state index in [1.54, 1.807) is 18.2 Å². The monoisotopic (exact) mass is 442 g/mol. The molecule has 1 saturated heterocycles. The van der Waals surface area contributed by atoms with Crippen LogP contribution in [-0.4, -0.2) is 70.5 Å². The number of hydrogen-bond donors (Lipinski definition) is 2. The van der Waals surface area contributed by atoms with Crippen LogP contribution in [0.5, 0.6) is 0 Å². The average Bonchev–Trinajstić information content (AvgIpc) is 3.24. The normalized spacial score (nSPS) is 15.1. The van der Waals surface area contributed by atoms with E-state index in [1.165, 1.54) is 18.4 Å². The fourth-order valence-electron chi connectivity index (χ4n) is 2.93. The summed E-state index contributed by atoms with van der Waals surface area (Å²) in [5, 5.41) is 14.8. The molecule has 0 saturated carbocycles. The molecular formula is C20H21F3N2O6. The third-order valence-electron chi connectivity index (χ3n) is 4.47. The summed E-state index contributed by atoms with van der Waals surface area (Å²) in [6.45, 7) is 3.59. The molecule has 3 rings (SSSR count). The predicted molar refractivity (Wildman–Crippen MR) is 101 cm³/mol. The molecule has 0 unspecified atom stereocenters. The Bertz CT molecular complexity index is 879. The van der Waals surface area contributed by atoms with Crippen molar-refractivity contribution in [3.63, 3.8) is 0 Å². The van der Waals surface area contributed by atoms with Crippen LogP contribution in [0.3, 0.4) is 0 Å². The second-order valence-corrected chi connectivity index (χ2v) is 6.76. The Morgan fingerprint density at radius 2 is 1.55 bits per heavy atom. The van der Waals surface area contributed by atoms with E-state index in [2.05, 4.69) is 4.90 Å². The number of benzene rings is 1. The molecule has 1 fully saturated rings. The van der Waals surface area contributed by atoms with Gasteiger partial charge in [-0.1, -0.05) is 18.2 Å². The third-order valence-corrected chi connectivity index (χ3v) is 4.47. The van der Waals surface area contributed by atoms with Crippen molar-refractivity contribution in [3.05, 3.63) is 59.5 Å². The smallest absolute Gasteiger partial charge is 0.416 e. The lowest BCUT2D eigenvalue weighted by Gasteiger charge is -2.34. The van der Waals surface area contributed by atoms with Gasteiger partial charge in [0.15, 0.2) is 5.76 Å². The van der Waals surface area contributed by atoms with Gasteiger partial charge >= 0.3 is 18.1 Å². The van der Waals surface area contributed by atoms with E-state index in [-0.39, 0.29) is 5.78 Å². The Morgan fingerprint density at radius 3 is 2.06 bits per heavy atom. The van der Waals surface area contributed by atoms with Gasteiger partial charge in [0.05, 0.1) is 18.4 Å². The highest BCUT2D eigenvalue weighted by atomic mass is 19.4. The Balaban J connectivity index is 0.000000501. The molecular weight excluding hydrogens is 421 g/mol. The van der Waals surface area contributed by atoms with Gasteiger partial charge < -0.3 is 14.6 Å². The maximum absolute atomic E-state index is 12.8. The molecule has 8 nitrogen and oxygen atoms in total. The van der Waals surface area contributed by atoms with Crippen LogP contribution >= 0.6 is 0 Å². The van der Waals surface area contributed by atoms with Gasteiger partial charge in [-0.15, -0.1) is 0 Å². The van der Waals surface area contributed by atoms with Crippen molar-refractivity contribution in [1.82, 2.24) is 9.80 Å². The number of furan rings is 1. The Labute approximate surface area is 175 Å². The Kier molecular flexibility index (Phi) is 8.34. The van der Waals surface area contributed by atoms with Crippen LogP contribution in [0.1, 0.15) is 21.7 Å². The van der Waals surface area contributed by atoms with E-state index in [0.29, 0.717) is 50.6 Å². The van der Waals surface area contributed by atoms with Crippen LogP contribution in [0.25, 0.3) is 0 Å². The molecule has 2 heterocycles. The second-order valence-electron chi connectivity index (χ2n) is 6.76. The lowest BCUT2D eigenvalue weighted by molar-refractivity contribution is -0.159. The third kappa shape index (κ3) is 7.87. The van der Waals surface area contributed by atoms with E-state index < -0.39 is 23.7 Å². The first kappa shape index (κ1) is 24.1. The summed E-state index contributed by atoms with van der Waals surface area (Å²) in [6, 6.07) is 8.76. The van der Waals surface area contributed by atoms with E-state index >= 15 is 0 Å². The molecule has 31 heavy (non-hydrogen) atoms. The van der Waals surface area contributed by atoms with Crippen LogP contribution in [-0.2, 0) is 22.3 Å². The fraction of sp³-hybridized carbons (Fsp3) is 0.350. The molecule has 11 heteroatoms. The number of hydrogen-bond acceptors (Lipinski definition) is 6. The van der Waals surface area contributed by atoms with Crippen molar-refractivity contribution < 1.29 is 42.2 Å². The van der Waals surface area contributed by atoms with Crippen LogP contribution in [0.2, 0.25) is 0 Å². The first-order chi connectivity index (χ1) is 14.6. The maximum atomic E-state index is 12.8. The second kappa shape index (κ2) is 10.7. The fourth-order valence-corrected chi connectivity index (χ4v) is 2.93. The number of halogens is 3. The highest BCUT2D eigenvalue weighted by Crippen LogP contribution is 2.29. The first-order valence-corrected chi connectivity index (χ1v) is 9.20. The minimum absolute atomic E-state index is 0.0590. The van der Waals surface area contributed by atoms with Crippen LogP contribution in [0, 0.1) is 0 Å². The molecule has 2 N–H and O–H groups in total. The standard InChI is InChI=1S/C18H19F3N2O2.C2H2O4/c19-18(20,21)15-4-1-3-14(11-15)12-22-6-8-23(9-7-22)13-16(24)17-5-2-10-25-17;3-1(4)2(5)6/h1-5,10-11H,6-9,12-13H2;(H,3,4)(H,5,6). The summed E-state index contributed by atoms with van der Waals surface area (Å²) >= 11 is 0. The summed E-state index contributed by atoms with van der Waals surface area (Å²) in [5.74, 6) is -3.35. The average molecular weight is 442 g/mol. The zero-order valence-electron chi connectivity index (χ0n) is 16.3. The minimum Gasteiger partial charge on any atom is -0.473 e. The molecule has 0 aliphatic carbocycles. The van der Waals surface area contributed by atoms with E-state index in [9.17, 15) is 18.0 Å². The largest absolute Gasteiger partial charge is 0.473 e. The number of carboxylic acids is 2. The molecule has 1 aromatic carbocycles. The van der Waals surface area contributed by atoms with Crippen molar-refractivity contribution in [2.75, 3.05) is 32.7 Å². The first-order valence-electron chi connectivity index (χ1n) is 9.20. The number of rotatable bonds is 5. The number of piperazine rings is 1. The number of aliphatic carboxylic acids is 2. The van der Waals surface area contributed by atoms with Gasteiger partial charge in [0.1, 0.15) is 0 Å². The zero-order chi connectivity index (χ0) is 23.0. The maximum Gasteiger partial charge on any atom is 0.416 e. The van der Waals surface area contributed by atoms with Crippen molar-refractivity contribution in [2.45, 2.75) is 12.7 Å². The summed E-state index contributed by atoms with van der Waals surface area (Å²) in [7, 11) is 0. The number of Topliss-reactive ketones (excluding diaryl/α,β-unsaturated/α-hetero) is 1. The molecule has 168 valence electrons. The lowest BCUT2D eigenvalue weighted by Crippen LogP contribution is -2.47. The molecule has 1 aliphatic rings. The van der Waals surface area contributed by atoms with Crippen LogP contribution < -0.4 is 0 Å². The quantitative estimate of drug-likeness (QED) is 0.537. The highest BCUT2D eigenvalue weighted by Gasteiger charge is 2.30. The topological polar surface area (TPSA) is 111 Å². The Hall–Kier alpha value is -3.18. The minimum atomic E-state index is -4.32. The summed E-state index contributed by atoms with van der Waals surface area (Å²) in [5.41, 5.74) is 0.0302. The predicted octanol–water partition coefficient (Wildman–Crippen LogP) is 2.45. The van der Waals surface area contributed by atoms with Crippen LogP contribution in [0.4, 0.5) is 13.2 Å². The molecule has 0 atom stereocenters. The summed E-state index contributed by atoms with van der Waals surface area (Å²) in [4.78, 5) is 34.4. The number of alkyl halides is 3. The van der Waals surface area contributed by atoms with E-state index in [1.807, 2.05) is 4.90 Å². The molecule has 1 aromatic heterocycles. The molecule has 1 aliphatic heterocycles. The number of carbonyl (C=O) groups excluding carboxylic acids is 1. The SMILES string of the molecule is O=C(CN1CCN(Cc2cccc(C(F)(F)F)c2)CC1)c1ccco1.O=C(O)C(=O)O. The molecule has 0 bridgehead atoms. The lowest BCUT2D eigenvalue weighted by atomic mass is 10.1. The van der Waals surface area contributed by atoms with Gasteiger partial charge in [-0.2, -0.15) is 13.2 Å². The van der Waals surface area contributed by atoms with Crippen molar-refractivity contribution in [2.24, 2.45) is 0 Å². The van der Waals surface area contributed by atoms with Gasteiger partial charge in [-0.05, 0) is 23.8 Å². The van der Waals surface area contributed by atoms with Gasteiger partial charge in [-0.25, -0.2) is 9.59 Å². The van der Waals surface area contributed by atoms with Crippen molar-refractivity contribution in [1.29, 1.82) is 0 Å². The number of ketones is 1.